The summed E-state index contributed by atoms with van der Waals surface area (Å²) in [4.78, 5) is 15.3. The largest absolute Gasteiger partial charge is 0.494 e. The third-order valence-electron chi connectivity index (χ3n) is 3.77. The molecule has 1 rings (SSSR count). The van der Waals surface area contributed by atoms with E-state index in [9.17, 15) is 4.79 Å². The second-order valence-corrected chi connectivity index (χ2v) is 5.63. The highest BCUT2D eigenvalue weighted by atomic mass is 127. The molecule has 0 saturated heterocycles. The Morgan fingerprint density at radius 1 is 1.12 bits per heavy atom. The zero-order valence-corrected chi connectivity index (χ0v) is 18.4. The Balaban J connectivity index is 0.00000625. The molecule has 0 aliphatic rings. The molecule has 0 heterocycles. The number of hydrogen-bond donors (Lipinski definition) is 2. The van der Waals surface area contributed by atoms with Gasteiger partial charge < -0.3 is 20.1 Å². The van der Waals surface area contributed by atoms with Gasteiger partial charge in [0.1, 0.15) is 5.75 Å². The second-order valence-electron chi connectivity index (χ2n) is 5.63. The summed E-state index contributed by atoms with van der Waals surface area (Å²) < 4.78 is 10.3. The molecule has 6 nitrogen and oxygen atoms in total. The van der Waals surface area contributed by atoms with Crippen LogP contribution in [0.25, 0.3) is 0 Å². The van der Waals surface area contributed by atoms with Crippen molar-refractivity contribution in [1.29, 1.82) is 0 Å². The minimum absolute atomic E-state index is 0. The summed E-state index contributed by atoms with van der Waals surface area (Å²) in [5, 5.41) is 6.62. The van der Waals surface area contributed by atoms with Crippen LogP contribution in [-0.2, 0) is 16.1 Å². The number of esters is 1. The van der Waals surface area contributed by atoms with E-state index in [1.807, 2.05) is 31.2 Å². The van der Waals surface area contributed by atoms with Crippen molar-refractivity contribution in [3.8, 4) is 5.75 Å². The molecule has 0 amide bonds. The molecule has 0 spiro atoms. The van der Waals surface area contributed by atoms with E-state index in [0.717, 1.165) is 49.5 Å². The Bertz CT molecular complexity index is 539. The molecule has 0 aromatic heterocycles. The number of ether oxygens (including phenoxy) is 2. The minimum Gasteiger partial charge on any atom is -0.494 e. The van der Waals surface area contributed by atoms with Gasteiger partial charge in [-0.2, -0.15) is 0 Å². The van der Waals surface area contributed by atoms with Gasteiger partial charge in [-0.25, -0.2) is 0 Å². The fourth-order valence-electron chi connectivity index (χ4n) is 2.40. The van der Waals surface area contributed by atoms with Gasteiger partial charge in [0.05, 0.1) is 13.7 Å². The summed E-state index contributed by atoms with van der Waals surface area (Å²) in [6, 6.07) is 8.00. The first kappa shape index (κ1) is 24.5. The van der Waals surface area contributed by atoms with Crippen LogP contribution in [0.3, 0.4) is 0 Å². The summed E-state index contributed by atoms with van der Waals surface area (Å²) in [5.74, 6) is 1.55. The summed E-state index contributed by atoms with van der Waals surface area (Å²) in [5.41, 5.74) is 1.11. The normalized spacial score (nSPS) is 10.7. The number of para-hydroxylation sites is 1. The molecule has 0 radical (unpaired) electrons. The average Bonchev–Trinajstić information content (AvgIpc) is 2.64. The van der Waals surface area contributed by atoms with E-state index in [0.29, 0.717) is 19.6 Å². The Labute approximate surface area is 174 Å². The molecule has 1 aromatic rings. The molecule has 0 aliphatic carbocycles. The van der Waals surface area contributed by atoms with Gasteiger partial charge in [0.15, 0.2) is 5.96 Å². The van der Waals surface area contributed by atoms with Gasteiger partial charge in [-0.05, 0) is 25.8 Å². The molecule has 0 aliphatic heterocycles. The van der Waals surface area contributed by atoms with Crippen LogP contribution in [0.2, 0.25) is 0 Å². The van der Waals surface area contributed by atoms with E-state index in [1.54, 1.807) is 7.05 Å². The van der Waals surface area contributed by atoms with E-state index in [-0.39, 0.29) is 29.9 Å². The van der Waals surface area contributed by atoms with E-state index in [2.05, 4.69) is 20.4 Å². The molecular weight excluding hydrogens is 445 g/mol. The molecule has 0 unspecified atom stereocenters. The number of guanidine groups is 1. The number of methoxy groups -OCH3 is 1. The Hall–Kier alpha value is -1.51. The maximum absolute atomic E-state index is 11.0. The second kappa shape index (κ2) is 15.7. The third kappa shape index (κ3) is 10.5. The molecule has 26 heavy (non-hydrogen) atoms. The third-order valence-corrected chi connectivity index (χ3v) is 3.77. The van der Waals surface area contributed by atoms with Crippen molar-refractivity contribution in [3.63, 3.8) is 0 Å². The van der Waals surface area contributed by atoms with Crippen LogP contribution in [-0.4, -0.2) is 39.2 Å². The van der Waals surface area contributed by atoms with Crippen molar-refractivity contribution in [1.82, 2.24) is 10.6 Å². The van der Waals surface area contributed by atoms with Crippen molar-refractivity contribution >= 4 is 35.9 Å². The quantitative estimate of drug-likeness (QED) is 0.168. The first-order chi connectivity index (χ1) is 12.2. The zero-order chi connectivity index (χ0) is 18.3. The van der Waals surface area contributed by atoms with Gasteiger partial charge in [-0.3, -0.25) is 9.79 Å². The Morgan fingerprint density at radius 2 is 1.85 bits per heavy atom. The van der Waals surface area contributed by atoms with Crippen LogP contribution in [0.5, 0.6) is 5.75 Å². The lowest BCUT2D eigenvalue weighted by molar-refractivity contribution is -0.140. The van der Waals surface area contributed by atoms with Crippen molar-refractivity contribution in [2.75, 3.05) is 27.3 Å². The van der Waals surface area contributed by atoms with Gasteiger partial charge in [-0.15, -0.1) is 24.0 Å². The van der Waals surface area contributed by atoms with Crippen molar-refractivity contribution in [2.24, 2.45) is 4.99 Å². The number of nitrogens with zero attached hydrogens (tertiary/aromatic N) is 1. The van der Waals surface area contributed by atoms with Gasteiger partial charge in [0.25, 0.3) is 0 Å². The maximum atomic E-state index is 11.0. The standard InChI is InChI=1S/C19H31N3O3.HI/c1-4-25-17-12-9-8-11-16(17)15-22-19(20-2)21-14-10-6-5-7-13-18(23)24-3;/h8-9,11-12H,4-7,10,13-15H2,1-3H3,(H2,20,21,22);1H. The van der Waals surface area contributed by atoms with Crippen LogP contribution in [0.15, 0.2) is 29.3 Å². The van der Waals surface area contributed by atoms with E-state index < -0.39 is 0 Å². The Morgan fingerprint density at radius 3 is 2.54 bits per heavy atom. The van der Waals surface area contributed by atoms with Gasteiger partial charge in [0.2, 0.25) is 0 Å². The minimum atomic E-state index is -0.130. The number of rotatable bonds is 11. The fourth-order valence-corrected chi connectivity index (χ4v) is 2.40. The highest BCUT2D eigenvalue weighted by Gasteiger charge is 2.04. The van der Waals surface area contributed by atoms with Crippen LogP contribution in [0, 0.1) is 0 Å². The smallest absolute Gasteiger partial charge is 0.305 e. The van der Waals surface area contributed by atoms with Crippen molar-refractivity contribution < 1.29 is 14.3 Å². The zero-order valence-electron chi connectivity index (χ0n) is 16.0. The molecule has 1 aromatic carbocycles. The lowest BCUT2D eigenvalue weighted by Crippen LogP contribution is -2.37. The topological polar surface area (TPSA) is 72.0 Å². The van der Waals surface area contributed by atoms with Crippen molar-refractivity contribution in [3.05, 3.63) is 29.8 Å². The molecule has 7 heteroatoms. The van der Waals surface area contributed by atoms with Gasteiger partial charge in [-0.1, -0.05) is 31.0 Å². The number of nitrogens with one attached hydrogen (secondary N) is 2. The first-order valence-electron chi connectivity index (χ1n) is 8.93. The van der Waals surface area contributed by atoms with E-state index in [4.69, 9.17) is 4.74 Å². The van der Waals surface area contributed by atoms with Crippen LogP contribution in [0.1, 0.15) is 44.6 Å². The molecule has 2 N–H and O–H groups in total. The number of carbonyl (C=O) groups is 1. The van der Waals surface area contributed by atoms with Crippen LogP contribution < -0.4 is 15.4 Å². The van der Waals surface area contributed by atoms with E-state index in [1.165, 1.54) is 7.11 Å². The number of carbonyl (C=O) groups excluding carboxylic acids is 1. The molecule has 0 atom stereocenters. The monoisotopic (exact) mass is 477 g/mol. The molecule has 0 fully saturated rings. The van der Waals surface area contributed by atoms with Crippen LogP contribution in [0.4, 0.5) is 0 Å². The number of halogens is 1. The predicted molar refractivity (Wildman–Crippen MR) is 116 cm³/mol. The number of benzene rings is 1. The molecule has 148 valence electrons. The first-order valence-corrected chi connectivity index (χ1v) is 8.93. The van der Waals surface area contributed by atoms with E-state index >= 15 is 0 Å². The number of hydrogen-bond acceptors (Lipinski definition) is 4. The maximum Gasteiger partial charge on any atom is 0.305 e. The highest BCUT2D eigenvalue weighted by molar-refractivity contribution is 14.0. The molecular formula is C19H32IN3O3. The van der Waals surface area contributed by atoms with Crippen LogP contribution >= 0.6 is 24.0 Å². The Kier molecular flexibility index (Phi) is 14.8. The number of unbranched alkanes of at least 4 members (excludes halogenated alkanes) is 3. The summed E-state index contributed by atoms with van der Waals surface area (Å²) in [7, 11) is 3.19. The number of aliphatic imine (C=N–C) groups is 1. The highest BCUT2D eigenvalue weighted by Crippen LogP contribution is 2.17. The lowest BCUT2D eigenvalue weighted by Gasteiger charge is -2.14. The van der Waals surface area contributed by atoms with Crippen molar-refractivity contribution in [2.45, 2.75) is 45.6 Å². The summed E-state index contributed by atoms with van der Waals surface area (Å²) in [6.07, 6.45) is 4.54. The van der Waals surface area contributed by atoms with Gasteiger partial charge in [0, 0.05) is 32.1 Å². The summed E-state index contributed by atoms with van der Waals surface area (Å²) >= 11 is 0. The summed E-state index contributed by atoms with van der Waals surface area (Å²) in [6.45, 7) is 4.15. The molecule has 0 saturated carbocycles. The predicted octanol–water partition coefficient (Wildman–Crippen LogP) is 3.49. The average molecular weight is 477 g/mol. The molecule has 0 bridgehead atoms. The van der Waals surface area contributed by atoms with Gasteiger partial charge >= 0.3 is 5.97 Å². The fraction of sp³-hybridized carbons (Fsp3) is 0.579. The SMILES string of the molecule is CCOc1ccccc1CNC(=NC)NCCCCCCC(=O)OC.I. The lowest BCUT2D eigenvalue weighted by atomic mass is 10.1.